The molecule has 0 aliphatic carbocycles. The number of nitrogens with two attached hydrogens (primary N) is 1. The van der Waals surface area contributed by atoms with Gasteiger partial charge in [0.2, 0.25) is 5.91 Å². The van der Waals surface area contributed by atoms with E-state index in [9.17, 15) is 14.4 Å². The summed E-state index contributed by atoms with van der Waals surface area (Å²) in [4.78, 5) is 35.8. The Bertz CT molecular complexity index is 303. The van der Waals surface area contributed by atoms with E-state index in [4.69, 9.17) is 10.8 Å². The van der Waals surface area contributed by atoms with Crippen molar-refractivity contribution >= 4 is 17.9 Å². The summed E-state index contributed by atoms with van der Waals surface area (Å²) in [6, 6.07) is -0.524. The van der Waals surface area contributed by atoms with Crippen molar-refractivity contribution in [2.45, 2.75) is 32.7 Å². The molecule has 0 aromatic carbocycles. The molecule has 0 aliphatic rings. The topological polar surface area (TPSA) is 104 Å². The molecule has 0 rings (SSSR count). The van der Waals surface area contributed by atoms with Crippen LogP contribution in [0.25, 0.3) is 0 Å². The van der Waals surface area contributed by atoms with Crippen molar-refractivity contribution in [2.75, 3.05) is 20.1 Å². The monoisotopic (exact) mass is 259 g/mol. The van der Waals surface area contributed by atoms with Crippen LogP contribution in [0.2, 0.25) is 0 Å². The van der Waals surface area contributed by atoms with E-state index in [2.05, 4.69) is 0 Å². The maximum Gasteiger partial charge on any atom is 0.323 e. The minimum absolute atomic E-state index is 0.0216. The van der Waals surface area contributed by atoms with Crippen LogP contribution >= 0.6 is 0 Å². The molecule has 3 amide bonds. The van der Waals surface area contributed by atoms with Gasteiger partial charge in [-0.15, -0.1) is 0 Å². The molecule has 7 nitrogen and oxygen atoms in total. The highest BCUT2D eigenvalue weighted by Gasteiger charge is 2.24. The smallest absolute Gasteiger partial charge is 0.323 e. The molecule has 0 saturated heterocycles. The highest BCUT2D eigenvalue weighted by atomic mass is 16.4. The van der Waals surface area contributed by atoms with Crippen molar-refractivity contribution in [3.05, 3.63) is 0 Å². The number of primary amides is 1. The lowest BCUT2D eigenvalue weighted by atomic mass is 10.2. The van der Waals surface area contributed by atoms with Crippen LogP contribution < -0.4 is 5.73 Å². The zero-order chi connectivity index (χ0) is 14.3. The van der Waals surface area contributed by atoms with Gasteiger partial charge in [-0.05, 0) is 13.3 Å². The fourth-order valence-electron chi connectivity index (χ4n) is 1.57. The quantitative estimate of drug-likeness (QED) is 0.676. The lowest BCUT2D eigenvalue weighted by Crippen LogP contribution is -2.49. The number of carbonyl (C=O) groups is 3. The number of amides is 3. The molecule has 0 aromatic heterocycles. The van der Waals surface area contributed by atoms with Crippen LogP contribution in [-0.4, -0.2) is 59.0 Å². The predicted octanol–water partition coefficient (Wildman–Crippen LogP) is 0.0987. The highest BCUT2D eigenvalue weighted by Crippen LogP contribution is 2.07. The van der Waals surface area contributed by atoms with Gasteiger partial charge in [-0.1, -0.05) is 13.3 Å². The Kier molecular flexibility index (Phi) is 6.77. The summed E-state index contributed by atoms with van der Waals surface area (Å²) in [5.41, 5.74) is 5.00. The van der Waals surface area contributed by atoms with Crippen molar-refractivity contribution in [2.24, 2.45) is 5.73 Å². The number of nitrogens with zero attached hydrogens (tertiary/aromatic N) is 2. The van der Waals surface area contributed by atoms with Gasteiger partial charge in [-0.3, -0.25) is 9.59 Å². The summed E-state index contributed by atoms with van der Waals surface area (Å²) in [7, 11) is 1.58. The molecule has 0 aliphatic heterocycles. The Morgan fingerprint density at radius 2 is 1.83 bits per heavy atom. The standard InChI is InChI=1S/C11H21N3O4/c1-4-5-8(2)13(3)11(18)14(6-9(12)15)7-10(16)17/h8H,4-7H2,1-3H3,(H2,12,15)(H,16,17). The first-order valence-electron chi connectivity index (χ1n) is 5.81. The minimum atomic E-state index is -1.18. The molecule has 3 N–H and O–H groups in total. The molecule has 0 spiro atoms. The molecule has 7 heteroatoms. The first-order valence-corrected chi connectivity index (χ1v) is 5.81. The second-order valence-corrected chi connectivity index (χ2v) is 4.25. The number of urea groups is 1. The summed E-state index contributed by atoms with van der Waals surface area (Å²) >= 11 is 0. The normalized spacial score (nSPS) is 11.7. The Balaban J connectivity index is 4.71. The lowest BCUT2D eigenvalue weighted by molar-refractivity contribution is -0.138. The number of aliphatic carboxylic acids is 1. The van der Waals surface area contributed by atoms with E-state index in [1.54, 1.807) is 7.05 Å². The van der Waals surface area contributed by atoms with Crippen molar-refractivity contribution < 1.29 is 19.5 Å². The number of rotatable bonds is 7. The molecule has 0 saturated carbocycles. The van der Waals surface area contributed by atoms with Gasteiger partial charge in [0, 0.05) is 13.1 Å². The second-order valence-electron chi connectivity index (χ2n) is 4.25. The van der Waals surface area contributed by atoms with Gasteiger partial charge in [0.1, 0.15) is 13.1 Å². The van der Waals surface area contributed by atoms with E-state index in [-0.39, 0.29) is 6.04 Å². The molecule has 0 aromatic rings. The van der Waals surface area contributed by atoms with Gasteiger partial charge in [-0.2, -0.15) is 0 Å². The number of carboxylic acids is 1. The summed E-state index contributed by atoms with van der Waals surface area (Å²) in [6.07, 6.45) is 1.72. The third-order valence-corrected chi connectivity index (χ3v) is 2.61. The van der Waals surface area contributed by atoms with E-state index in [0.717, 1.165) is 17.7 Å². The fourth-order valence-corrected chi connectivity index (χ4v) is 1.57. The maximum absolute atomic E-state index is 12.0. The first kappa shape index (κ1) is 16.2. The van der Waals surface area contributed by atoms with Crippen LogP contribution in [0.15, 0.2) is 0 Å². The average molecular weight is 259 g/mol. The van der Waals surface area contributed by atoms with Crippen molar-refractivity contribution in [1.82, 2.24) is 9.80 Å². The van der Waals surface area contributed by atoms with Gasteiger partial charge in [0.25, 0.3) is 0 Å². The number of carboxylic acid groups (broad SMARTS) is 1. The van der Waals surface area contributed by atoms with Crippen LogP contribution in [0.5, 0.6) is 0 Å². The van der Waals surface area contributed by atoms with E-state index in [1.165, 1.54) is 4.90 Å². The molecule has 1 unspecified atom stereocenters. The molecule has 104 valence electrons. The SMILES string of the molecule is CCCC(C)N(C)C(=O)N(CC(N)=O)CC(=O)O. The molecular formula is C11H21N3O4. The Labute approximate surface area is 107 Å². The van der Waals surface area contributed by atoms with Crippen LogP contribution in [0.3, 0.4) is 0 Å². The van der Waals surface area contributed by atoms with Crippen molar-refractivity contribution in [3.8, 4) is 0 Å². The maximum atomic E-state index is 12.0. The first-order chi connectivity index (χ1) is 8.29. The van der Waals surface area contributed by atoms with Gasteiger partial charge >= 0.3 is 12.0 Å². The molecular weight excluding hydrogens is 238 g/mol. The third-order valence-electron chi connectivity index (χ3n) is 2.61. The van der Waals surface area contributed by atoms with Gasteiger partial charge in [-0.25, -0.2) is 4.79 Å². The number of hydrogen-bond acceptors (Lipinski definition) is 3. The molecule has 1 atom stereocenters. The van der Waals surface area contributed by atoms with Crippen molar-refractivity contribution in [3.63, 3.8) is 0 Å². The molecule has 0 heterocycles. The summed E-state index contributed by atoms with van der Waals surface area (Å²) in [5, 5.41) is 8.70. The van der Waals surface area contributed by atoms with E-state index in [0.29, 0.717) is 0 Å². The second kappa shape index (κ2) is 7.52. The summed E-state index contributed by atoms with van der Waals surface area (Å²) in [6.45, 7) is 2.93. The van der Waals surface area contributed by atoms with Gasteiger partial charge in [0.15, 0.2) is 0 Å². The Morgan fingerprint density at radius 3 is 2.22 bits per heavy atom. The van der Waals surface area contributed by atoms with Gasteiger partial charge in [0.05, 0.1) is 0 Å². The van der Waals surface area contributed by atoms with Crippen LogP contribution in [-0.2, 0) is 9.59 Å². The highest BCUT2D eigenvalue weighted by molar-refractivity contribution is 5.85. The van der Waals surface area contributed by atoms with Crippen LogP contribution in [0.4, 0.5) is 4.79 Å². The van der Waals surface area contributed by atoms with Crippen molar-refractivity contribution in [1.29, 1.82) is 0 Å². The Hall–Kier alpha value is -1.79. The van der Waals surface area contributed by atoms with E-state index in [1.807, 2.05) is 13.8 Å². The molecule has 0 fully saturated rings. The molecule has 18 heavy (non-hydrogen) atoms. The van der Waals surface area contributed by atoms with E-state index < -0.39 is 31.0 Å². The van der Waals surface area contributed by atoms with E-state index >= 15 is 0 Å². The fraction of sp³-hybridized carbons (Fsp3) is 0.727. The Morgan fingerprint density at radius 1 is 1.28 bits per heavy atom. The summed E-state index contributed by atoms with van der Waals surface area (Å²) in [5.74, 6) is -1.91. The number of carbonyl (C=O) groups excluding carboxylic acids is 2. The van der Waals surface area contributed by atoms with Crippen LogP contribution in [0, 0.1) is 0 Å². The van der Waals surface area contributed by atoms with Crippen LogP contribution in [0.1, 0.15) is 26.7 Å². The zero-order valence-electron chi connectivity index (χ0n) is 11.0. The molecule has 0 radical (unpaired) electrons. The predicted molar refractivity (Wildman–Crippen MR) is 65.9 cm³/mol. The third kappa shape index (κ3) is 5.51. The summed E-state index contributed by atoms with van der Waals surface area (Å²) < 4.78 is 0. The average Bonchev–Trinajstić information content (AvgIpc) is 2.25. The zero-order valence-corrected chi connectivity index (χ0v) is 11.0. The van der Waals surface area contributed by atoms with Gasteiger partial charge < -0.3 is 20.6 Å². The number of hydrogen-bond donors (Lipinski definition) is 2. The minimum Gasteiger partial charge on any atom is -0.480 e. The largest absolute Gasteiger partial charge is 0.480 e. The molecule has 0 bridgehead atoms. The lowest BCUT2D eigenvalue weighted by Gasteiger charge is -2.30.